The third kappa shape index (κ3) is 6.05. The highest BCUT2D eigenvalue weighted by Crippen LogP contribution is 2.17. The molecule has 0 aromatic heterocycles. The van der Waals surface area contributed by atoms with E-state index in [-0.39, 0.29) is 19.1 Å². The summed E-state index contributed by atoms with van der Waals surface area (Å²) in [6.45, 7) is 2.64. The van der Waals surface area contributed by atoms with Crippen molar-refractivity contribution in [2.75, 3.05) is 13.2 Å². The van der Waals surface area contributed by atoms with Gasteiger partial charge in [0.1, 0.15) is 0 Å². The lowest BCUT2D eigenvalue weighted by atomic mass is 10.0. The Kier molecular flexibility index (Phi) is 6.84. The van der Waals surface area contributed by atoms with Crippen LogP contribution in [0.5, 0.6) is 0 Å². The van der Waals surface area contributed by atoms with E-state index >= 15 is 0 Å². The maximum atomic E-state index is 10.8. The van der Waals surface area contributed by atoms with Crippen molar-refractivity contribution in [3.8, 4) is 0 Å². The highest BCUT2D eigenvalue weighted by molar-refractivity contribution is 6.31. The zero-order chi connectivity index (χ0) is 14.3. The van der Waals surface area contributed by atoms with Gasteiger partial charge in [0.2, 0.25) is 0 Å². The number of hydrogen-bond acceptors (Lipinski definition) is 3. The van der Waals surface area contributed by atoms with Crippen LogP contribution in [0.1, 0.15) is 24.0 Å². The molecule has 1 unspecified atom stereocenters. The van der Waals surface area contributed by atoms with E-state index in [4.69, 9.17) is 21.8 Å². The Labute approximate surface area is 118 Å². The number of halogens is 1. The van der Waals surface area contributed by atoms with E-state index in [0.717, 1.165) is 11.1 Å². The number of carbonyl (C=O) groups is 1. The second kappa shape index (κ2) is 8.15. The average Bonchev–Trinajstić information content (AvgIpc) is 2.33. The minimum Gasteiger partial charge on any atom is -0.481 e. The minimum atomic E-state index is -0.827. The number of rotatable bonds is 8. The number of nitrogens with one attached hydrogen (secondary N) is 1. The summed E-state index contributed by atoms with van der Waals surface area (Å²) in [5, 5.41) is 21.5. The molecule has 0 fully saturated rings. The molecule has 0 heterocycles. The van der Waals surface area contributed by atoms with Gasteiger partial charge < -0.3 is 15.5 Å². The zero-order valence-corrected chi connectivity index (χ0v) is 11.8. The molecule has 0 radical (unpaired) electrons. The van der Waals surface area contributed by atoms with Crippen molar-refractivity contribution in [3.63, 3.8) is 0 Å². The topological polar surface area (TPSA) is 69.6 Å². The monoisotopic (exact) mass is 285 g/mol. The number of aliphatic hydroxyl groups is 1. The smallest absolute Gasteiger partial charge is 0.304 e. The van der Waals surface area contributed by atoms with Crippen LogP contribution in [0, 0.1) is 6.92 Å². The summed E-state index contributed by atoms with van der Waals surface area (Å²) >= 11 is 5.97. The van der Waals surface area contributed by atoms with Gasteiger partial charge in [-0.25, -0.2) is 0 Å². The van der Waals surface area contributed by atoms with Crippen molar-refractivity contribution in [2.45, 2.75) is 32.2 Å². The molecule has 1 aromatic rings. The summed E-state index contributed by atoms with van der Waals surface area (Å²) in [6, 6.07) is 5.59. The summed E-state index contributed by atoms with van der Waals surface area (Å²) in [5.74, 6) is -0.827. The predicted octanol–water partition coefficient (Wildman–Crippen LogP) is 2.01. The normalized spacial score (nSPS) is 12.4. The van der Waals surface area contributed by atoms with Crippen molar-refractivity contribution in [1.82, 2.24) is 5.32 Å². The SMILES string of the molecule is Cc1cc(CC(CC(=O)O)NCCCO)ccc1Cl. The van der Waals surface area contributed by atoms with E-state index in [2.05, 4.69) is 5.32 Å². The van der Waals surface area contributed by atoms with Crippen LogP contribution in [-0.4, -0.2) is 35.4 Å². The molecule has 5 heteroatoms. The molecule has 0 spiro atoms. The van der Waals surface area contributed by atoms with Gasteiger partial charge >= 0.3 is 5.97 Å². The molecule has 0 aliphatic heterocycles. The first-order valence-electron chi connectivity index (χ1n) is 6.34. The molecule has 0 aliphatic carbocycles. The van der Waals surface area contributed by atoms with Gasteiger partial charge in [-0.3, -0.25) is 4.79 Å². The van der Waals surface area contributed by atoms with Gasteiger partial charge in [-0.2, -0.15) is 0 Å². The summed E-state index contributed by atoms with van der Waals surface area (Å²) in [7, 11) is 0. The van der Waals surface area contributed by atoms with Crippen LogP contribution in [0.3, 0.4) is 0 Å². The Morgan fingerprint density at radius 3 is 2.79 bits per heavy atom. The van der Waals surface area contributed by atoms with E-state index in [0.29, 0.717) is 24.4 Å². The molecule has 0 bridgehead atoms. The lowest BCUT2D eigenvalue weighted by Gasteiger charge is -2.17. The van der Waals surface area contributed by atoms with Crippen LogP contribution in [-0.2, 0) is 11.2 Å². The van der Waals surface area contributed by atoms with Gasteiger partial charge in [0.15, 0.2) is 0 Å². The molecule has 0 saturated carbocycles. The van der Waals surface area contributed by atoms with Gasteiger partial charge in [0, 0.05) is 17.7 Å². The summed E-state index contributed by atoms with van der Waals surface area (Å²) in [6.07, 6.45) is 1.32. The van der Waals surface area contributed by atoms with Crippen molar-refractivity contribution >= 4 is 17.6 Å². The Morgan fingerprint density at radius 1 is 1.47 bits per heavy atom. The fraction of sp³-hybridized carbons (Fsp3) is 0.500. The van der Waals surface area contributed by atoms with Crippen molar-refractivity contribution in [3.05, 3.63) is 34.3 Å². The van der Waals surface area contributed by atoms with Crippen molar-refractivity contribution in [2.24, 2.45) is 0 Å². The van der Waals surface area contributed by atoms with Crippen LogP contribution < -0.4 is 5.32 Å². The molecular formula is C14H20ClNO3. The van der Waals surface area contributed by atoms with Crippen LogP contribution >= 0.6 is 11.6 Å². The van der Waals surface area contributed by atoms with Gasteiger partial charge in [0.05, 0.1) is 6.42 Å². The lowest BCUT2D eigenvalue weighted by Crippen LogP contribution is -2.34. The lowest BCUT2D eigenvalue weighted by molar-refractivity contribution is -0.137. The Balaban J connectivity index is 2.63. The summed E-state index contributed by atoms with van der Waals surface area (Å²) in [4.78, 5) is 10.8. The number of carboxylic acid groups (broad SMARTS) is 1. The Bertz CT molecular complexity index is 423. The van der Waals surface area contributed by atoms with Crippen LogP contribution in [0.2, 0.25) is 5.02 Å². The first-order valence-corrected chi connectivity index (χ1v) is 6.71. The summed E-state index contributed by atoms with van der Waals surface area (Å²) < 4.78 is 0. The molecule has 19 heavy (non-hydrogen) atoms. The zero-order valence-electron chi connectivity index (χ0n) is 11.0. The number of hydrogen-bond donors (Lipinski definition) is 3. The van der Waals surface area contributed by atoms with E-state index in [1.54, 1.807) is 0 Å². The molecule has 0 saturated heterocycles. The molecule has 1 aromatic carbocycles. The second-order valence-electron chi connectivity index (χ2n) is 4.61. The molecule has 4 nitrogen and oxygen atoms in total. The highest BCUT2D eigenvalue weighted by Gasteiger charge is 2.13. The third-order valence-corrected chi connectivity index (χ3v) is 3.32. The second-order valence-corrected chi connectivity index (χ2v) is 5.02. The number of aryl methyl sites for hydroxylation is 1. The van der Waals surface area contributed by atoms with Gasteiger partial charge in [-0.1, -0.05) is 23.7 Å². The van der Waals surface area contributed by atoms with E-state index in [1.807, 2.05) is 25.1 Å². The van der Waals surface area contributed by atoms with Gasteiger partial charge in [-0.05, 0) is 43.5 Å². The predicted molar refractivity (Wildman–Crippen MR) is 75.6 cm³/mol. The first-order chi connectivity index (χ1) is 9.02. The molecule has 106 valence electrons. The Hall–Kier alpha value is -1.10. The van der Waals surface area contributed by atoms with Crippen LogP contribution in [0.15, 0.2) is 18.2 Å². The minimum absolute atomic E-state index is 0.0626. The molecule has 0 aliphatic rings. The first kappa shape index (κ1) is 16.0. The van der Waals surface area contributed by atoms with E-state index in [9.17, 15) is 4.79 Å². The van der Waals surface area contributed by atoms with E-state index < -0.39 is 5.97 Å². The van der Waals surface area contributed by atoms with Crippen molar-refractivity contribution < 1.29 is 15.0 Å². The maximum Gasteiger partial charge on any atom is 0.304 e. The molecular weight excluding hydrogens is 266 g/mol. The molecule has 1 rings (SSSR count). The Morgan fingerprint density at radius 2 is 2.21 bits per heavy atom. The molecule has 0 amide bonds. The largest absolute Gasteiger partial charge is 0.481 e. The van der Waals surface area contributed by atoms with Crippen LogP contribution in [0.4, 0.5) is 0 Å². The third-order valence-electron chi connectivity index (χ3n) is 2.89. The number of aliphatic carboxylic acids is 1. The van der Waals surface area contributed by atoms with Crippen molar-refractivity contribution in [1.29, 1.82) is 0 Å². The molecule has 3 N–H and O–H groups in total. The summed E-state index contributed by atoms with van der Waals surface area (Å²) in [5.41, 5.74) is 2.05. The number of carboxylic acids is 1. The average molecular weight is 286 g/mol. The number of aliphatic hydroxyl groups excluding tert-OH is 1. The maximum absolute atomic E-state index is 10.8. The number of benzene rings is 1. The van der Waals surface area contributed by atoms with Gasteiger partial charge in [0.25, 0.3) is 0 Å². The van der Waals surface area contributed by atoms with E-state index in [1.165, 1.54) is 0 Å². The molecule has 1 atom stereocenters. The fourth-order valence-electron chi connectivity index (χ4n) is 1.93. The quantitative estimate of drug-likeness (QED) is 0.639. The standard InChI is InChI=1S/C14H20ClNO3/c1-10-7-11(3-4-13(10)15)8-12(9-14(18)19)16-5-2-6-17/h3-4,7,12,16-17H,2,5-6,8-9H2,1H3,(H,18,19). The fourth-order valence-corrected chi connectivity index (χ4v) is 2.05. The van der Waals surface area contributed by atoms with Gasteiger partial charge in [-0.15, -0.1) is 0 Å². The highest BCUT2D eigenvalue weighted by atomic mass is 35.5. The van der Waals surface area contributed by atoms with Crippen LogP contribution in [0.25, 0.3) is 0 Å².